The number of ether oxygens (including phenoxy) is 3. The number of nitrogens with one attached hydrogen (secondary N) is 7. The van der Waals surface area contributed by atoms with E-state index in [9.17, 15) is 60.0 Å². The topological polar surface area (TPSA) is 422 Å². The number of aliphatic hydroxyl groups excluding tert-OH is 1. The molecule has 6 heterocycles. The Hall–Kier alpha value is -10.6. The highest BCUT2D eigenvalue weighted by Crippen LogP contribution is 2.49. The summed E-state index contributed by atoms with van der Waals surface area (Å²) in [5.41, 5.74) is 4.27. The second kappa shape index (κ2) is 26.0. The van der Waals surface area contributed by atoms with Gasteiger partial charge in [-0.25, -0.2) is 4.79 Å². The summed E-state index contributed by atoms with van der Waals surface area (Å²) < 4.78 is 18.5. The Labute approximate surface area is 537 Å². The van der Waals surface area contributed by atoms with E-state index in [1.807, 2.05) is 19.0 Å². The van der Waals surface area contributed by atoms with E-state index in [4.69, 9.17) is 43.1 Å². The number of halogens is 2. The predicted octanol–water partition coefficient (Wildman–Crippen LogP) is 5.03. The lowest BCUT2D eigenvalue weighted by molar-refractivity contribution is -0.143. The second-order valence-electron chi connectivity index (χ2n) is 22.7. The molecule has 6 aliphatic rings. The van der Waals surface area contributed by atoms with Crippen LogP contribution in [0.25, 0.3) is 11.1 Å². The monoisotopic (exact) mass is 1310 g/mol. The zero-order valence-electron chi connectivity index (χ0n) is 49.0. The zero-order valence-corrected chi connectivity index (χ0v) is 50.5. The van der Waals surface area contributed by atoms with Crippen molar-refractivity contribution in [2.75, 3.05) is 27.2 Å². The molecule has 6 aliphatic heterocycles. The molecule has 482 valence electrons. The first-order valence-corrected chi connectivity index (χ1v) is 29.5. The highest BCUT2D eigenvalue weighted by molar-refractivity contribution is 6.32. The first kappa shape index (κ1) is 64.0. The average molecular weight is 1310 g/mol. The number of nitrogens with two attached hydrogens (primary N) is 1. The van der Waals surface area contributed by atoms with Gasteiger partial charge in [0, 0.05) is 35.7 Å². The SMILES string of the molecule is CN(C)CCCNCc1c(O)cc2c(c1O)-c1cc(ccc1O)[C@@H]1NC(=O)[C@H]3NC(=O)[C@H]4NC(=O)[C@H](Cc5ccc(c(Cl)c5)Oc5cc3cc(c5O)Oc3ccc(cc3Cl)C(O)[C@H](NC1=O)C(=O)N[C@@H]2C(=O)O)NC(=O)[C@@H](N)c1ccc(O)c(c1)Oc1cc(O)cc4c1. The Balaban J connectivity index is 1.13. The van der Waals surface area contributed by atoms with E-state index in [0.717, 1.165) is 54.6 Å². The molecular formula is C64H59Cl2N9O18. The van der Waals surface area contributed by atoms with Gasteiger partial charge in [0.1, 0.15) is 82.6 Å². The molecule has 27 nitrogen and oxygen atoms in total. The molecule has 0 spiro atoms. The van der Waals surface area contributed by atoms with Crippen LogP contribution in [0.2, 0.25) is 10.0 Å². The summed E-state index contributed by atoms with van der Waals surface area (Å²) in [7, 11) is 3.73. The van der Waals surface area contributed by atoms with Crippen molar-refractivity contribution < 1.29 is 88.6 Å². The number of fused-ring (bicyclic) bond motifs is 14. The maximum absolute atomic E-state index is 15.9. The van der Waals surface area contributed by atoms with Crippen LogP contribution in [0, 0.1) is 0 Å². The fourth-order valence-electron chi connectivity index (χ4n) is 11.2. The number of carbonyl (C=O) groups excluding carboxylic acids is 6. The van der Waals surface area contributed by atoms with Crippen molar-refractivity contribution in [3.63, 3.8) is 0 Å². The lowest BCUT2D eigenvalue weighted by Gasteiger charge is -2.31. The van der Waals surface area contributed by atoms with Crippen LogP contribution in [0.4, 0.5) is 0 Å². The van der Waals surface area contributed by atoms with Crippen LogP contribution in [-0.4, -0.2) is 126 Å². The summed E-state index contributed by atoms with van der Waals surface area (Å²) in [4.78, 5) is 106. The molecule has 0 radical (unpaired) electrons. The Bertz CT molecular complexity index is 4250. The summed E-state index contributed by atoms with van der Waals surface area (Å²) >= 11 is 13.8. The Morgan fingerprint density at radius 2 is 1.18 bits per heavy atom. The number of phenolic OH excluding ortho intramolecular Hbond substituents is 6. The minimum Gasteiger partial charge on any atom is -0.508 e. The van der Waals surface area contributed by atoms with Crippen LogP contribution in [0.5, 0.6) is 69.0 Å². The molecule has 17 N–H and O–H groups in total. The van der Waals surface area contributed by atoms with Crippen LogP contribution in [0.1, 0.15) is 87.2 Å². The van der Waals surface area contributed by atoms with Crippen LogP contribution < -0.4 is 57.2 Å². The normalized spacial score (nSPS) is 21.2. The number of carbonyl (C=O) groups is 7. The second-order valence-corrected chi connectivity index (χ2v) is 23.5. The van der Waals surface area contributed by atoms with Crippen LogP contribution in [0.15, 0.2) is 109 Å². The molecule has 29 heteroatoms. The van der Waals surface area contributed by atoms with Gasteiger partial charge in [-0.2, -0.15) is 0 Å². The standard InChI is InChI=1S/C64H59Cl2N9O18/c1-75(2)13-3-12-68-25-36-42(79)24-35-48(56(36)81)34-18-28(6-8-40(34)77)50-60(85)74-54(63(88)73-53(35)64(89)90)55(80)29-7-11-44(38(66)19-29)93-47-22-31-21-46(57(47)82)92-43-10-4-26(14-37(43)65)15-39-58(83)70-51(61(86)72-52(31)62(87)71-50)30-16-32(76)23-33(17-30)91-45-20-27(5-9-41(45)78)49(67)59(84)69-39/h4-11,14,16-24,39,49-55,68,76-82H,3,12-13,15,25,67H2,1-2H3,(H,69,84)(H,70,83)(H,71,87)(H,72,86)(H,73,88)(H,74,85)(H,89,90)/t39-,49-,50-,51-,52-,53-,54-,55?/m0/s1. The van der Waals surface area contributed by atoms with E-state index in [1.54, 1.807) is 0 Å². The van der Waals surface area contributed by atoms with Crippen LogP contribution in [0.3, 0.4) is 0 Å². The van der Waals surface area contributed by atoms with Crippen molar-refractivity contribution in [1.82, 2.24) is 42.1 Å². The third kappa shape index (κ3) is 13.2. The van der Waals surface area contributed by atoms with E-state index in [0.29, 0.717) is 25.1 Å². The van der Waals surface area contributed by atoms with Gasteiger partial charge in [0.05, 0.1) is 15.6 Å². The molecule has 8 atom stereocenters. The van der Waals surface area contributed by atoms with E-state index in [2.05, 4.69) is 37.2 Å². The molecule has 0 fully saturated rings. The minimum absolute atomic E-state index is 0.118. The fraction of sp³-hybridized carbons (Fsp3) is 0.234. The third-order valence-electron chi connectivity index (χ3n) is 16.0. The van der Waals surface area contributed by atoms with Crippen molar-refractivity contribution in [3.05, 3.63) is 164 Å². The highest BCUT2D eigenvalue weighted by Gasteiger charge is 2.42. The fourth-order valence-corrected chi connectivity index (χ4v) is 11.7. The Morgan fingerprint density at radius 3 is 1.85 bits per heavy atom. The smallest absolute Gasteiger partial charge is 0.330 e. The van der Waals surface area contributed by atoms with Crippen molar-refractivity contribution in [1.29, 1.82) is 0 Å². The molecule has 1 unspecified atom stereocenters. The van der Waals surface area contributed by atoms with Gasteiger partial charge in [0.2, 0.25) is 41.2 Å². The van der Waals surface area contributed by atoms with Crippen molar-refractivity contribution >= 4 is 64.6 Å². The van der Waals surface area contributed by atoms with Crippen molar-refractivity contribution in [3.8, 4) is 80.1 Å². The number of rotatable bonds is 7. The van der Waals surface area contributed by atoms with Gasteiger partial charge in [-0.3, -0.25) is 28.8 Å². The van der Waals surface area contributed by atoms with Gasteiger partial charge in [-0.05, 0) is 146 Å². The summed E-state index contributed by atoms with van der Waals surface area (Å²) in [5.74, 6) is -14.8. The van der Waals surface area contributed by atoms with Crippen LogP contribution >= 0.6 is 23.2 Å². The largest absolute Gasteiger partial charge is 0.508 e. The number of phenols is 6. The Morgan fingerprint density at radius 1 is 0.581 bits per heavy atom. The van der Waals surface area contributed by atoms with Gasteiger partial charge < -0.3 is 103 Å². The number of aromatic hydroxyl groups is 6. The van der Waals surface area contributed by atoms with Crippen molar-refractivity contribution in [2.45, 2.75) is 67.8 Å². The van der Waals surface area contributed by atoms with Gasteiger partial charge in [0.25, 0.3) is 0 Å². The summed E-state index contributed by atoms with van der Waals surface area (Å²) in [6.45, 7) is 0.798. The number of amides is 6. The number of hydrogen-bond acceptors (Lipinski definition) is 20. The van der Waals surface area contributed by atoms with Gasteiger partial charge in [-0.15, -0.1) is 0 Å². The van der Waals surface area contributed by atoms with E-state index in [-0.39, 0.29) is 79.4 Å². The number of aliphatic carboxylic acids is 1. The minimum atomic E-state index is -2.21. The molecule has 7 aromatic carbocycles. The molecule has 0 saturated carbocycles. The van der Waals surface area contributed by atoms with Gasteiger partial charge in [0.15, 0.2) is 29.0 Å². The van der Waals surface area contributed by atoms with E-state index < -0.39 is 152 Å². The number of hydrogen-bond donors (Lipinski definition) is 16. The molecule has 13 rings (SSSR count). The summed E-state index contributed by atoms with van der Waals surface area (Å²) in [6.07, 6.45) is -1.88. The number of nitrogens with zero attached hydrogens (tertiary/aromatic N) is 1. The van der Waals surface area contributed by atoms with E-state index in [1.165, 1.54) is 54.6 Å². The highest BCUT2D eigenvalue weighted by atomic mass is 35.5. The average Bonchev–Trinajstić information content (AvgIpc) is 0.779. The first-order valence-electron chi connectivity index (χ1n) is 28.7. The Kier molecular flexibility index (Phi) is 17.9. The molecule has 17 bridgehead atoms. The van der Waals surface area contributed by atoms with Gasteiger partial charge in [-0.1, -0.05) is 47.5 Å². The maximum Gasteiger partial charge on any atom is 0.330 e. The molecule has 0 saturated heterocycles. The third-order valence-corrected chi connectivity index (χ3v) is 16.6. The quantitative estimate of drug-likeness (QED) is 0.0931. The molecule has 93 heavy (non-hydrogen) atoms. The van der Waals surface area contributed by atoms with E-state index >= 15 is 14.4 Å². The number of carboxylic acid groups (broad SMARTS) is 1. The molecular weight excluding hydrogens is 1250 g/mol. The molecule has 0 aromatic heterocycles. The number of aliphatic hydroxyl groups is 1. The predicted molar refractivity (Wildman–Crippen MR) is 330 cm³/mol. The number of benzene rings is 7. The zero-order chi connectivity index (χ0) is 66.4. The van der Waals surface area contributed by atoms with Gasteiger partial charge >= 0.3 is 5.97 Å². The summed E-state index contributed by atoms with van der Waals surface area (Å²) in [5, 5.41) is 111. The molecule has 0 aliphatic carbocycles. The number of carboxylic acids is 1. The van der Waals surface area contributed by atoms with Crippen LogP contribution in [-0.2, 0) is 46.5 Å². The lowest BCUT2D eigenvalue weighted by Crippen LogP contribution is -2.55. The molecule has 7 aromatic rings. The maximum atomic E-state index is 15.9. The van der Waals surface area contributed by atoms with Crippen molar-refractivity contribution in [2.24, 2.45) is 5.73 Å². The molecule has 6 amide bonds. The summed E-state index contributed by atoms with van der Waals surface area (Å²) in [6, 6.07) is 7.47. The lowest BCUT2D eigenvalue weighted by atomic mass is 9.88. The first-order chi connectivity index (χ1) is 44.3.